The van der Waals surface area contributed by atoms with E-state index in [2.05, 4.69) is 5.32 Å². The number of non-ortho nitro benzene ring substituents is 1. The number of nitro groups is 1. The zero-order valence-corrected chi connectivity index (χ0v) is 9.49. The number of hydrogen-bond acceptors (Lipinski definition) is 3. The lowest BCUT2D eigenvalue weighted by molar-refractivity contribution is -0.384. The molecular formula is C10H14ClN2O2-. The lowest BCUT2D eigenvalue weighted by Crippen LogP contribution is -3.00. The van der Waals surface area contributed by atoms with E-state index in [0.29, 0.717) is 12.6 Å². The van der Waals surface area contributed by atoms with E-state index >= 15 is 0 Å². The summed E-state index contributed by atoms with van der Waals surface area (Å²) in [4.78, 5) is 10.1. The number of nitro benzene ring substituents is 1. The van der Waals surface area contributed by atoms with Gasteiger partial charge in [0.25, 0.3) is 5.69 Å². The van der Waals surface area contributed by atoms with Gasteiger partial charge in [0, 0.05) is 24.7 Å². The summed E-state index contributed by atoms with van der Waals surface area (Å²) in [6, 6.07) is 7.06. The van der Waals surface area contributed by atoms with Gasteiger partial charge in [-0.2, -0.15) is 0 Å². The van der Waals surface area contributed by atoms with Crippen LogP contribution in [0.5, 0.6) is 0 Å². The van der Waals surface area contributed by atoms with E-state index < -0.39 is 0 Å². The highest BCUT2D eigenvalue weighted by molar-refractivity contribution is 5.34. The quantitative estimate of drug-likeness (QED) is 0.538. The van der Waals surface area contributed by atoms with E-state index in [-0.39, 0.29) is 23.0 Å². The third-order valence-corrected chi connectivity index (χ3v) is 1.84. The van der Waals surface area contributed by atoms with E-state index in [0.717, 1.165) is 5.56 Å². The zero-order valence-electron chi connectivity index (χ0n) is 8.74. The largest absolute Gasteiger partial charge is 1.00 e. The van der Waals surface area contributed by atoms with Crippen LogP contribution >= 0.6 is 0 Å². The van der Waals surface area contributed by atoms with Crippen molar-refractivity contribution in [2.24, 2.45) is 0 Å². The van der Waals surface area contributed by atoms with E-state index in [1.165, 1.54) is 6.07 Å². The molecule has 84 valence electrons. The molecule has 0 spiro atoms. The van der Waals surface area contributed by atoms with E-state index in [4.69, 9.17) is 0 Å². The summed E-state index contributed by atoms with van der Waals surface area (Å²) in [5.41, 5.74) is 1.08. The normalized spacial score (nSPS) is 9.80. The molecule has 0 aliphatic carbocycles. The molecule has 15 heavy (non-hydrogen) atoms. The van der Waals surface area contributed by atoms with Gasteiger partial charge < -0.3 is 17.7 Å². The first-order valence-corrected chi connectivity index (χ1v) is 4.56. The standard InChI is InChI=1S/C10H14N2O2.ClH/c1-8(2)11-7-9-4-3-5-10(6-9)12(13)14;/h3-6,8,11H,7H2,1-2H3;1H/p-1. The van der Waals surface area contributed by atoms with Crippen LogP contribution in [-0.2, 0) is 6.54 Å². The Morgan fingerprint density at radius 2 is 2.13 bits per heavy atom. The molecule has 0 amide bonds. The van der Waals surface area contributed by atoms with Gasteiger partial charge in [-0.25, -0.2) is 0 Å². The van der Waals surface area contributed by atoms with Crippen LogP contribution < -0.4 is 17.7 Å². The summed E-state index contributed by atoms with van der Waals surface area (Å²) >= 11 is 0. The SMILES string of the molecule is CC(C)NCc1cccc([N+](=O)[O-])c1.[Cl-]. The van der Waals surface area contributed by atoms with Crippen molar-refractivity contribution in [3.05, 3.63) is 39.9 Å². The van der Waals surface area contributed by atoms with Gasteiger partial charge in [0.05, 0.1) is 4.92 Å². The van der Waals surface area contributed by atoms with Gasteiger partial charge in [0.1, 0.15) is 0 Å². The van der Waals surface area contributed by atoms with Crippen LogP contribution in [0.4, 0.5) is 5.69 Å². The van der Waals surface area contributed by atoms with Gasteiger partial charge in [-0.3, -0.25) is 10.1 Å². The van der Waals surface area contributed by atoms with Crippen LogP contribution in [0.3, 0.4) is 0 Å². The molecule has 0 unspecified atom stereocenters. The summed E-state index contributed by atoms with van der Waals surface area (Å²) in [6.07, 6.45) is 0. The van der Waals surface area contributed by atoms with E-state index in [1.807, 2.05) is 19.9 Å². The number of halogens is 1. The minimum absolute atomic E-state index is 0. The first-order valence-electron chi connectivity index (χ1n) is 4.56. The van der Waals surface area contributed by atoms with Gasteiger partial charge in [-0.05, 0) is 5.56 Å². The topological polar surface area (TPSA) is 55.2 Å². The Balaban J connectivity index is 0.00000196. The molecule has 1 rings (SSSR count). The molecule has 1 aromatic rings. The molecule has 0 radical (unpaired) electrons. The van der Waals surface area contributed by atoms with Crippen LogP contribution in [0.1, 0.15) is 19.4 Å². The highest BCUT2D eigenvalue weighted by atomic mass is 35.5. The number of hydrogen-bond donors (Lipinski definition) is 1. The molecule has 0 saturated heterocycles. The van der Waals surface area contributed by atoms with Crippen molar-refractivity contribution in [2.45, 2.75) is 26.4 Å². The molecular weight excluding hydrogens is 216 g/mol. The summed E-state index contributed by atoms with van der Waals surface area (Å²) in [6.45, 7) is 4.74. The second-order valence-corrected chi connectivity index (χ2v) is 3.46. The number of nitrogens with one attached hydrogen (secondary N) is 1. The second-order valence-electron chi connectivity index (χ2n) is 3.46. The van der Waals surface area contributed by atoms with Crippen molar-refractivity contribution in [1.82, 2.24) is 5.32 Å². The second kappa shape index (κ2) is 6.37. The molecule has 0 atom stereocenters. The van der Waals surface area contributed by atoms with Crippen molar-refractivity contribution in [2.75, 3.05) is 0 Å². The number of rotatable bonds is 4. The molecule has 0 fully saturated rings. The molecule has 0 bridgehead atoms. The van der Waals surface area contributed by atoms with Gasteiger partial charge in [-0.15, -0.1) is 0 Å². The Morgan fingerprint density at radius 3 is 2.67 bits per heavy atom. The van der Waals surface area contributed by atoms with Crippen molar-refractivity contribution in [3.8, 4) is 0 Å². The Hall–Kier alpha value is -1.13. The number of nitrogens with zero attached hydrogens (tertiary/aromatic N) is 1. The monoisotopic (exact) mass is 229 g/mol. The fraction of sp³-hybridized carbons (Fsp3) is 0.400. The predicted octanol–water partition coefficient (Wildman–Crippen LogP) is -0.903. The predicted molar refractivity (Wildman–Crippen MR) is 55.1 cm³/mol. The van der Waals surface area contributed by atoms with Crippen molar-refractivity contribution >= 4 is 5.69 Å². The third kappa shape index (κ3) is 4.76. The minimum Gasteiger partial charge on any atom is -1.00 e. The zero-order chi connectivity index (χ0) is 10.6. The van der Waals surface area contributed by atoms with Crippen LogP contribution in [0, 0.1) is 10.1 Å². The molecule has 0 aromatic heterocycles. The Kier molecular flexibility index (Phi) is 5.89. The highest BCUT2D eigenvalue weighted by Crippen LogP contribution is 2.12. The first-order chi connectivity index (χ1) is 6.59. The Morgan fingerprint density at radius 1 is 1.47 bits per heavy atom. The molecule has 1 N–H and O–H groups in total. The fourth-order valence-electron chi connectivity index (χ4n) is 1.10. The highest BCUT2D eigenvalue weighted by Gasteiger charge is 2.05. The smallest absolute Gasteiger partial charge is 0.269 e. The van der Waals surface area contributed by atoms with Gasteiger partial charge in [0.15, 0.2) is 0 Å². The molecule has 0 aliphatic rings. The average Bonchev–Trinajstić information content (AvgIpc) is 2.15. The van der Waals surface area contributed by atoms with Gasteiger partial charge in [-0.1, -0.05) is 26.0 Å². The summed E-state index contributed by atoms with van der Waals surface area (Å²) in [7, 11) is 0. The lowest BCUT2D eigenvalue weighted by Gasteiger charge is -2.07. The summed E-state index contributed by atoms with van der Waals surface area (Å²) in [5.74, 6) is 0. The van der Waals surface area contributed by atoms with E-state index in [9.17, 15) is 10.1 Å². The molecule has 4 nitrogen and oxygen atoms in total. The molecule has 1 aromatic carbocycles. The van der Waals surface area contributed by atoms with Gasteiger partial charge >= 0.3 is 0 Å². The van der Waals surface area contributed by atoms with Crippen LogP contribution in [0.15, 0.2) is 24.3 Å². The molecule has 0 aliphatic heterocycles. The van der Waals surface area contributed by atoms with Crippen LogP contribution in [0.2, 0.25) is 0 Å². The third-order valence-electron chi connectivity index (χ3n) is 1.84. The fourth-order valence-corrected chi connectivity index (χ4v) is 1.10. The lowest BCUT2D eigenvalue weighted by atomic mass is 10.2. The van der Waals surface area contributed by atoms with Crippen LogP contribution in [0.25, 0.3) is 0 Å². The van der Waals surface area contributed by atoms with Crippen molar-refractivity contribution in [1.29, 1.82) is 0 Å². The molecule has 0 heterocycles. The maximum absolute atomic E-state index is 10.5. The first kappa shape index (κ1) is 13.9. The van der Waals surface area contributed by atoms with Crippen molar-refractivity contribution in [3.63, 3.8) is 0 Å². The summed E-state index contributed by atoms with van der Waals surface area (Å²) < 4.78 is 0. The Labute approximate surface area is 95.2 Å². The minimum atomic E-state index is -0.376. The van der Waals surface area contributed by atoms with Gasteiger partial charge in [0.2, 0.25) is 0 Å². The Bertz CT molecular complexity index is 329. The number of benzene rings is 1. The summed E-state index contributed by atoms with van der Waals surface area (Å²) in [5, 5.41) is 13.7. The molecule has 5 heteroatoms. The average molecular weight is 230 g/mol. The van der Waals surface area contributed by atoms with Crippen molar-refractivity contribution < 1.29 is 17.3 Å². The maximum atomic E-state index is 10.5. The molecule has 0 saturated carbocycles. The van der Waals surface area contributed by atoms with E-state index in [1.54, 1.807) is 12.1 Å². The van der Waals surface area contributed by atoms with Crippen LogP contribution in [-0.4, -0.2) is 11.0 Å². The maximum Gasteiger partial charge on any atom is 0.269 e.